The van der Waals surface area contributed by atoms with Crippen LogP contribution in [0.4, 0.5) is 17.1 Å². The molecule has 0 atom stereocenters. The fraction of sp³-hybridized carbons (Fsp3) is 0. The maximum absolute atomic E-state index is 7.28. The highest BCUT2D eigenvalue weighted by Gasteiger charge is 2.45. The molecule has 9 aromatic carbocycles. The summed E-state index contributed by atoms with van der Waals surface area (Å²) in [5, 5.41) is 5.14. The molecule has 0 N–H and O–H groups in total. The van der Waals surface area contributed by atoms with Crippen LogP contribution < -0.4 is 47.2 Å². The van der Waals surface area contributed by atoms with Crippen molar-refractivity contribution in [3.63, 3.8) is 0 Å². The Labute approximate surface area is 351 Å². The third-order valence-electron chi connectivity index (χ3n) is 13.8. The average Bonchev–Trinajstić information content (AvgIpc) is 3.83. The van der Waals surface area contributed by atoms with Gasteiger partial charge in [0.1, 0.15) is 23.0 Å². The molecule has 15 rings (SSSR count). The monoisotopic (exact) mass is 775 g/mol. The Bertz CT molecular complexity index is 3700. The van der Waals surface area contributed by atoms with Crippen LogP contribution in [-0.2, 0) is 0 Å². The van der Waals surface area contributed by atoms with E-state index in [1.807, 2.05) is 0 Å². The summed E-state index contributed by atoms with van der Waals surface area (Å²) in [4.78, 5) is 2.28. The molecule has 0 unspecified atom stereocenters. The summed E-state index contributed by atoms with van der Waals surface area (Å²) < 4.78 is 19.2. The van der Waals surface area contributed by atoms with Gasteiger partial charge in [-0.15, -0.1) is 0 Å². The van der Waals surface area contributed by atoms with E-state index in [0.29, 0.717) is 0 Å². The number of rotatable bonds is 3. The second-order valence-corrected chi connectivity index (χ2v) is 16.8. The van der Waals surface area contributed by atoms with Crippen LogP contribution >= 0.6 is 0 Å². The van der Waals surface area contributed by atoms with Crippen molar-refractivity contribution in [3.8, 4) is 34.4 Å². The molecule has 11 aromatic rings. The lowest BCUT2D eigenvalue weighted by Crippen LogP contribution is -2.62. The van der Waals surface area contributed by atoms with Gasteiger partial charge in [0.2, 0.25) is 0 Å². The summed E-state index contributed by atoms with van der Waals surface area (Å²) in [5.74, 6) is 3.37. The normalized spacial score (nSPS) is 13.4. The van der Waals surface area contributed by atoms with E-state index >= 15 is 0 Å². The van der Waals surface area contributed by atoms with Crippen LogP contribution in [0, 0.1) is 0 Å². The number of anilines is 3. The summed E-state index contributed by atoms with van der Waals surface area (Å²) in [6.45, 7) is -0.0798. The molecule has 4 aliphatic rings. The summed E-state index contributed by atoms with van der Waals surface area (Å²) in [6, 6.07) is 68.2. The Balaban J connectivity index is 1.04. The second-order valence-electron chi connectivity index (χ2n) is 16.8. The number of hydrogen-bond donors (Lipinski definition) is 0. The highest BCUT2D eigenvalue weighted by atomic mass is 16.5. The quantitative estimate of drug-likeness (QED) is 0.168. The molecule has 7 heteroatoms. The summed E-state index contributed by atoms with van der Waals surface area (Å²) in [7, 11) is 0. The van der Waals surface area contributed by atoms with Gasteiger partial charge in [-0.1, -0.05) is 115 Å². The Morgan fingerprint density at radius 1 is 0.344 bits per heavy atom. The van der Waals surface area contributed by atoms with Crippen molar-refractivity contribution in [1.29, 1.82) is 0 Å². The van der Waals surface area contributed by atoms with Gasteiger partial charge in [-0.05, 0) is 81.9 Å². The first-order valence-electron chi connectivity index (χ1n) is 21.1. The lowest BCUT2D eigenvalue weighted by molar-refractivity contribution is 0.465. The molecule has 280 valence electrons. The summed E-state index contributed by atoms with van der Waals surface area (Å²) in [6.07, 6.45) is 0. The summed E-state index contributed by atoms with van der Waals surface area (Å²) >= 11 is 0. The highest BCUT2D eigenvalue weighted by Crippen LogP contribution is 2.45. The lowest BCUT2D eigenvalue weighted by atomic mass is 9.31. The Morgan fingerprint density at radius 2 is 0.885 bits per heavy atom. The first kappa shape index (κ1) is 32.0. The first-order chi connectivity index (χ1) is 30.3. The number of nitrogens with zero attached hydrogens (tertiary/aromatic N) is 3. The number of hydrogen-bond acceptors (Lipinski definition) is 3. The molecule has 0 bridgehead atoms. The van der Waals surface area contributed by atoms with Crippen LogP contribution in [0.5, 0.6) is 23.0 Å². The Morgan fingerprint density at radius 3 is 1.57 bits per heavy atom. The van der Waals surface area contributed by atoms with Gasteiger partial charge in [0.25, 0.3) is 13.4 Å². The van der Waals surface area contributed by atoms with Crippen LogP contribution in [0.25, 0.3) is 55.0 Å². The summed E-state index contributed by atoms with van der Waals surface area (Å²) in [5.41, 5.74) is 17.9. The van der Waals surface area contributed by atoms with E-state index in [1.54, 1.807) is 0 Å². The zero-order chi connectivity index (χ0) is 39.5. The fourth-order valence-electron chi connectivity index (χ4n) is 11.4. The topological polar surface area (TPSA) is 31.6 Å². The predicted octanol–water partition coefficient (Wildman–Crippen LogP) is 9.22. The molecule has 0 radical (unpaired) electrons. The van der Waals surface area contributed by atoms with E-state index < -0.39 is 0 Å². The van der Waals surface area contributed by atoms with Crippen LogP contribution in [0.1, 0.15) is 0 Å². The minimum Gasteiger partial charge on any atom is -0.458 e. The Hall–Kier alpha value is -7.89. The van der Waals surface area contributed by atoms with Gasteiger partial charge < -0.3 is 23.5 Å². The van der Waals surface area contributed by atoms with Crippen LogP contribution in [0.15, 0.2) is 188 Å². The van der Waals surface area contributed by atoms with Crippen LogP contribution in [0.3, 0.4) is 0 Å². The van der Waals surface area contributed by atoms with Gasteiger partial charge in [-0.25, -0.2) is 0 Å². The van der Waals surface area contributed by atoms with Crippen molar-refractivity contribution < 1.29 is 9.47 Å². The van der Waals surface area contributed by atoms with Gasteiger partial charge in [0.05, 0.1) is 27.8 Å². The molecule has 6 heterocycles. The second kappa shape index (κ2) is 11.4. The fourth-order valence-corrected chi connectivity index (χ4v) is 11.4. The van der Waals surface area contributed by atoms with Crippen molar-refractivity contribution in [3.05, 3.63) is 188 Å². The lowest BCUT2D eigenvalue weighted by Gasteiger charge is -2.37. The predicted molar refractivity (Wildman–Crippen MR) is 252 cm³/mol. The molecule has 0 saturated carbocycles. The highest BCUT2D eigenvalue weighted by molar-refractivity contribution is 7.02. The standard InChI is InChI=1S/C54H31B2N3O2/c1-3-15-32(16-4-1)57(33-17-5-2-6-18-33)34-27-49-51-50(28-34)61-48-31-46-41(30-42(48)56(51)40-22-10-14-26-47(40)60-49)55-39-21-9-13-25-45(39)58-43-23-11-7-19-35(43)37-29-38-36-20-8-12-24-44(36)59(46)54(38)52(55)53(37)58/h1-31H. The zero-order valence-electron chi connectivity index (χ0n) is 32.7. The molecular formula is C54H31B2N3O2. The van der Waals surface area contributed by atoms with Gasteiger partial charge in [-0.3, -0.25) is 0 Å². The van der Waals surface area contributed by atoms with E-state index in [9.17, 15) is 0 Å². The van der Waals surface area contributed by atoms with E-state index in [0.717, 1.165) is 62.1 Å². The van der Waals surface area contributed by atoms with Crippen molar-refractivity contribution in [1.82, 2.24) is 9.13 Å². The first-order valence-corrected chi connectivity index (χ1v) is 21.1. The number of aromatic nitrogens is 2. The molecular weight excluding hydrogens is 744 g/mol. The van der Waals surface area contributed by atoms with E-state index in [1.165, 1.54) is 65.7 Å². The van der Waals surface area contributed by atoms with E-state index in [-0.39, 0.29) is 13.4 Å². The minimum atomic E-state index is -0.0937. The molecule has 2 aromatic heterocycles. The molecule has 61 heavy (non-hydrogen) atoms. The molecule has 0 saturated heterocycles. The van der Waals surface area contributed by atoms with E-state index in [2.05, 4.69) is 202 Å². The maximum Gasteiger partial charge on any atom is 0.260 e. The minimum absolute atomic E-state index is 0.0138. The largest absolute Gasteiger partial charge is 0.458 e. The van der Waals surface area contributed by atoms with Gasteiger partial charge in [-0.2, -0.15) is 0 Å². The number of fused-ring (bicyclic) bond motifs is 16. The van der Waals surface area contributed by atoms with Crippen molar-refractivity contribution in [2.45, 2.75) is 0 Å². The smallest absolute Gasteiger partial charge is 0.260 e. The SMILES string of the molecule is c1ccc(N(c2ccccc2)c2cc3c4c(c2)Oc2cc5c(cc2B4c2ccccc2O3)B2c3ccccc3-n3c4ccccc4c4cc6c7ccccc7n-5c6c2c43)cc1. The van der Waals surface area contributed by atoms with Crippen molar-refractivity contribution in [2.24, 2.45) is 0 Å². The molecule has 5 nitrogen and oxygen atoms in total. The average molecular weight is 775 g/mol. The molecule has 4 aliphatic heterocycles. The number of para-hydroxylation sites is 6. The third kappa shape index (κ3) is 4.03. The zero-order valence-corrected chi connectivity index (χ0v) is 32.7. The number of benzene rings is 9. The van der Waals surface area contributed by atoms with Crippen molar-refractivity contribution >= 4 is 107 Å². The van der Waals surface area contributed by atoms with Gasteiger partial charge >= 0.3 is 0 Å². The molecule has 0 spiro atoms. The molecule has 0 amide bonds. The van der Waals surface area contributed by atoms with Gasteiger partial charge in [0.15, 0.2) is 0 Å². The third-order valence-corrected chi connectivity index (χ3v) is 13.8. The van der Waals surface area contributed by atoms with Crippen molar-refractivity contribution in [2.75, 3.05) is 4.90 Å². The van der Waals surface area contributed by atoms with Gasteiger partial charge in [0, 0.05) is 68.0 Å². The molecule has 0 aliphatic carbocycles. The van der Waals surface area contributed by atoms with Crippen LogP contribution in [-0.4, -0.2) is 22.6 Å². The van der Waals surface area contributed by atoms with Crippen LogP contribution in [0.2, 0.25) is 0 Å². The molecule has 0 fully saturated rings. The maximum atomic E-state index is 7.28. The number of ether oxygens (including phenoxy) is 2. The Kier molecular flexibility index (Phi) is 6.00. The van der Waals surface area contributed by atoms with E-state index in [4.69, 9.17) is 9.47 Å².